The maximum atomic E-state index is 12.0. The Bertz CT molecular complexity index is 501. The highest BCUT2D eigenvalue weighted by Crippen LogP contribution is 2.23. The second kappa shape index (κ2) is 9.87. The molecule has 0 radical (unpaired) electrons. The van der Waals surface area contributed by atoms with Crippen LogP contribution in [0.4, 0.5) is 4.79 Å². The first-order chi connectivity index (χ1) is 11.6. The van der Waals surface area contributed by atoms with Gasteiger partial charge in [-0.05, 0) is 30.0 Å². The van der Waals surface area contributed by atoms with Crippen molar-refractivity contribution < 1.29 is 9.53 Å². The number of benzene rings is 1. The standard InChI is InChI=1S/C18H28ClN3O2/c1-14(2)7-8-20-18(23)21-13-17(22-9-11-24-12-10-22)15-3-5-16(19)6-4-15/h3-6,14,17H,7-13H2,1-2H3,(H2,20,21,23). The molecule has 1 aliphatic heterocycles. The van der Waals surface area contributed by atoms with Crippen LogP contribution in [0, 0.1) is 5.92 Å². The van der Waals surface area contributed by atoms with Crippen LogP contribution in [0.5, 0.6) is 0 Å². The van der Waals surface area contributed by atoms with E-state index in [1.54, 1.807) is 0 Å². The molecule has 2 rings (SSSR count). The zero-order valence-corrected chi connectivity index (χ0v) is 15.3. The molecule has 6 heteroatoms. The molecule has 1 unspecified atom stereocenters. The van der Waals surface area contributed by atoms with Crippen LogP contribution in [0.2, 0.25) is 5.02 Å². The van der Waals surface area contributed by atoms with E-state index >= 15 is 0 Å². The summed E-state index contributed by atoms with van der Waals surface area (Å²) in [5, 5.41) is 6.64. The average molecular weight is 354 g/mol. The zero-order chi connectivity index (χ0) is 17.4. The Kier molecular flexibility index (Phi) is 7.82. The van der Waals surface area contributed by atoms with Crippen molar-refractivity contribution in [3.8, 4) is 0 Å². The maximum absolute atomic E-state index is 12.0. The Labute approximate surface area is 149 Å². The number of hydrogen-bond donors (Lipinski definition) is 2. The first kappa shape index (κ1) is 19.0. The number of nitrogens with zero attached hydrogens (tertiary/aromatic N) is 1. The quantitative estimate of drug-likeness (QED) is 0.792. The summed E-state index contributed by atoms with van der Waals surface area (Å²) in [6.45, 7) is 8.74. The van der Waals surface area contributed by atoms with Crippen molar-refractivity contribution in [2.24, 2.45) is 5.92 Å². The summed E-state index contributed by atoms with van der Waals surface area (Å²) >= 11 is 6.00. The minimum atomic E-state index is -0.108. The molecule has 0 spiro atoms. The largest absolute Gasteiger partial charge is 0.379 e. The molecule has 1 fully saturated rings. The van der Waals surface area contributed by atoms with Crippen LogP contribution >= 0.6 is 11.6 Å². The van der Waals surface area contributed by atoms with Crippen LogP contribution in [-0.4, -0.2) is 50.3 Å². The number of carbonyl (C=O) groups is 1. The lowest BCUT2D eigenvalue weighted by Crippen LogP contribution is -2.45. The molecule has 24 heavy (non-hydrogen) atoms. The van der Waals surface area contributed by atoms with Crippen molar-refractivity contribution >= 4 is 17.6 Å². The predicted molar refractivity (Wildman–Crippen MR) is 97.4 cm³/mol. The van der Waals surface area contributed by atoms with Crippen LogP contribution < -0.4 is 10.6 Å². The molecule has 1 aromatic carbocycles. The first-order valence-electron chi connectivity index (χ1n) is 8.65. The molecule has 0 aliphatic carbocycles. The van der Waals surface area contributed by atoms with E-state index in [-0.39, 0.29) is 12.1 Å². The maximum Gasteiger partial charge on any atom is 0.314 e. The number of amides is 2. The summed E-state index contributed by atoms with van der Waals surface area (Å²) in [5.41, 5.74) is 1.16. The molecule has 5 nitrogen and oxygen atoms in total. The van der Waals surface area contributed by atoms with E-state index in [1.807, 2.05) is 24.3 Å². The lowest BCUT2D eigenvalue weighted by atomic mass is 10.0. The Morgan fingerprint density at radius 3 is 2.50 bits per heavy atom. The van der Waals surface area contributed by atoms with Crippen LogP contribution in [0.3, 0.4) is 0 Å². The van der Waals surface area contributed by atoms with Crippen molar-refractivity contribution in [3.05, 3.63) is 34.9 Å². The number of morpholine rings is 1. The van der Waals surface area contributed by atoms with Crippen LogP contribution in [0.1, 0.15) is 31.9 Å². The van der Waals surface area contributed by atoms with Gasteiger partial charge in [0.15, 0.2) is 0 Å². The fraction of sp³-hybridized carbons (Fsp3) is 0.611. The van der Waals surface area contributed by atoms with E-state index in [0.29, 0.717) is 19.0 Å². The molecule has 0 bridgehead atoms. The highest BCUT2D eigenvalue weighted by Gasteiger charge is 2.23. The van der Waals surface area contributed by atoms with Gasteiger partial charge >= 0.3 is 6.03 Å². The van der Waals surface area contributed by atoms with Gasteiger partial charge in [0.1, 0.15) is 0 Å². The second-order valence-electron chi connectivity index (χ2n) is 6.54. The molecule has 0 saturated carbocycles. The van der Waals surface area contributed by atoms with E-state index in [2.05, 4.69) is 29.4 Å². The highest BCUT2D eigenvalue weighted by molar-refractivity contribution is 6.30. The first-order valence-corrected chi connectivity index (χ1v) is 9.03. The fourth-order valence-corrected chi connectivity index (χ4v) is 2.88. The lowest BCUT2D eigenvalue weighted by Gasteiger charge is -2.35. The van der Waals surface area contributed by atoms with Gasteiger partial charge in [0, 0.05) is 31.2 Å². The molecule has 1 aromatic rings. The van der Waals surface area contributed by atoms with E-state index in [9.17, 15) is 4.79 Å². The SMILES string of the molecule is CC(C)CCNC(=O)NCC(c1ccc(Cl)cc1)N1CCOCC1. The third kappa shape index (κ3) is 6.30. The topological polar surface area (TPSA) is 53.6 Å². The van der Waals surface area contributed by atoms with Gasteiger partial charge in [-0.2, -0.15) is 0 Å². The van der Waals surface area contributed by atoms with Gasteiger partial charge in [0.2, 0.25) is 0 Å². The van der Waals surface area contributed by atoms with Gasteiger partial charge in [-0.25, -0.2) is 4.79 Å². The minimum absolute atomic E-state index is 0.108. The number of ether oxygens (including phenoxy) is 1. The lowest BCUT2D eigenvalue weighted by molar-refractivity contribution is 0.0167. The van der Waals surface area contributed by atoms with E-state index in [4.69, 9.17) is 16.3 Å². The highest BCUT2D eigenvalue weighted by atomic mass is 35.5. The molecule has 2 amide bonds. The summed E-state index contributed by atoms with van der Waals surface area (Å²) in [6, 6.07) is 7.87. The average Bonchev–Trinajstić information content (AvgIpc) is 2.57. The molecular formula is C18H28ClN3O2. The van der Waals surface area contributed by atoms with E-state index in [1.165, 1.54) is 0 Å². The van der Waals surface area contributed by atoms with E-state index in [0.717, 1.165) is 43.3 Å². The summed E-state index contributed by atoms with van der Waals surface area (Å²) < 4.78 is 5.44. The Hall–Kier alpha value is -1.30. The van der Waals surface area contributed by atoms with Gasteiger partial charge in [0.05, 0.1) is 19.3 Å². The number of rotatable bonds is 7. The van der Waals surface area contributed by atoms with Crippen molar-refractivity contribution in [2.75, 3.05) is 39.4 Å². The third-order valence-electron chi connectivity index (χ3n) is 4.20. The minimum Gasteiger partial charge on any atom is -0.379 e. The molecule has 2 N–H and O–H groups in total. The summed E-state index contributed by atoms with van der Waals surface area (Å²) in [6.07, 6.45) is 0.984. The predicted octanol–water partition coefficient (Wildman–Crippen LogP) is 3.06. The third-order valence-corrected chi connectivity index (χ3v) is 4.46. The summed E-state index contributed by atoms with van der Waals surface area (Å²) in [4.78, 5) is 14.4. The Balaban J connectivity index is 1.93. The second-order valence-corrected chi connectivity index (χ2v) is 6.97. The summed E-state index contributed by atoms with van der Waals surface area (Å²) in [5.74, 6) is 0.584. The number of nitrogens with one attached hydrogen (secondary N) is 2. The Morgan fingerprint density at radius 1 is 1.21 bits per heavy atom. The fourth-order valence-electron chi connectivity index (χ4n) is 2.76. The smallest absolute Gasteiger partial charge is 0.314 e. The van der Waals surface area contributed by atoms with Gasteiger partial charge in [-0.15, -0.1) is 0 Å². The molecular weight excluding hydrogens is 326 g/mol. The number of halogens is 1. The van der Waals surface area contributed by atoms with Crippen molar-refractivity contribution in [3.63, 3.8) is 0 Å². The van der Waals surface area contributed by atoms with Gasteiger partial charge in [-0.1, -0.05) is 37.6 Å². The van der Waals surface area contributed by atoms with E-state index < -0.39 is 0 Å². The van der Waals surface area contributed by atoms with Gasteiger partial charge < -0.3 is 15.4 Å². The van der Waals surface area contributed by atoms with Gasteiger partial charge in [0.25, 0.3) is 0 Å². The summed E-state index contributed by atoms with van der Waals surface area (Å²) in [7, 11) is 0. The monoisotopic (exact) mass is 353 g/mol. The molecule has 1 heterocycles. The zero-order valence-electron chi connectivity index (χ0n) is 14.6. The normalized spacial score (nSPS) is 16.8. The molecule has 134 valence electrons. The van der Waals surface area contributed by atoms with Crippen molar-refractivity contribution in [1.82, 2.24) is 15.5 Å². The number of urea groups is 1. The molecule has 1 atom stereocenters. The van der Waals surface area contributed by atoms with Crippen LogP contribution in [-0.2, 0) is 4.74 Å². The van der Waals surface area contributed by atoms with Crippen molar-refractivity contribution in [2.45, 2.75) is 26.3 Å². The molecule has 0 aromatic heterocycles. The number of carbonyl (C=O) groups excluding carboxylic acids is 1. The van der Waals surface area contributed by atoms with Crippen molar-refractivity contribution in [1.29, 1.82) is 0 Å². The number of hydrogen-bond acceptors (Lipinski definition) is 3. The molecule has 1 saturated heterocycles. The van der Waals surface area contributed by atoms with Gasteiger partial charge in [-0.3, -0.25) is 4.90 Å². The van der Waals surface area contributed by atoms with Crippen LogP contribution in [0.15, 0.2) is 24.3 Å². The molecule has 1 aliphatic rings. The van der Waals surface area contributed by atoms with Crippen LogP contribution in [0.25, 0.3) is 0 Å². The Morgan fingerprint density at radius 2 is 1.88 bits per heavy atom.